The van der Waals surface area contributed by atoms with Gasteiger partial charge in [0.05, 0.1) is 23.0 Å². The van der Waals surface area contributed by atoms with E-state index in [1.807, 2.05) is 6.07 Å². The molecule has 1 saturated heterocycles. The van der Waals surface area contributed by atoms with Crippen LogP contribution in [0.15, 0.2) is 42.6 Å². The molecule has 28 heavy (non-hydrogen) atoms. The second-order valence-electron chi connectivity index (χ2n) is 7.09. The van der Waals surface area contributed by atoms with Gasteiger partial charge in [0.25, 0.3) is 11.8 Å². The summed E-state index contributed by atoms with van der Waals surface area (Å²) in [5.41, 5.74) is 1.71. The van der Waals surface area contributed by atoms with Gasteiger partial charge in [0, 0.05) is 13.1 Å². The third kappa shape index (κ3) is 3.60. The van der Waals surface area contributed by atoms with Crippen LogP contribution in [0, 0.1) is 0 Å². The zero-order valence-electron chi connectivity index (χ0n) is 15.6. The van der Waals surface area contributed by atoms with Crippen LogP contribution in [0.4, 0.5) is 11.5 Å². The van der Waals surface area contributed by atoms with Crippen molar-refractivity contribution in [1.29, 1.82) is 0 Å². The largest absolute Gasteiger partial charge is 0.370 e. The first kappa shape index (κ1) is 18.2. The van der Waals surface area contributed by atoms with E-state index in [4.69, 9.17) is 0 Å². The molecule has 7 heteroatoms. The molecule has 7 nitrogen and oxygen atoms in total. The number of nitrogens with zero attached hydrogens (tertiary/aromatic N) is 3. The predicted molar refractivity (Wildman–Crippen MR) is 105 cm³/mol. The second-order valence-corrected chi connectivity index (χ2v) is 7.09. The van der Waals surface area contributed by atoms with Crippen molar-refractivity contribution in [2.45, 2.75) is 25.7 Å². The lowest BCUT2D eigenvalue weighted by Crippen LogP contribution is -2.37. The van der Waals surface area contributed by atoms with Crippen molar-refractivity contribution in [2.75, 3.05) is 29.9 Å². The molecule has 0 unspecified atom stereocenters. The number of amides is 3. The lowest BCUT2D eigenvalue weighted by Gasteiger charge is -2.22. The lowest BCUT2D eigenvalue weighted by atomic mass is 10.1. The highest BCUT2D eigenvalue weighted by Crippen LogP contribution is 2.23. The Kier molecular flexibility index (Phi) is 5.06. The summed E-state index contributed by atoms with van der Waals surface area (Å²) in [5.74, 6) is -0.940. The summed E-state index contributed by atoms with van der Waals surface area (Å²) in [6.45, 7) is 1.71. The summed E-state index contributed by atoms with van der Waals surface area (Å²) in [7, 11) is 0. The summed E-state index contributed by atoms with van der Waals surface area (Å²) in [6.07, 6.45) is 6.63. The van der Waals surface area contributed by atoms with Crippen molar-refractivity contribution >= 4 is 29.2 Å². The summed E-state index contributed by atoms with van der Waals surface area (Å²) in [6, 6.07) is 10.3. The Hall–Kier alpha value is -3.22. The molecule has 2 aliphatic heterocycles. The average Bonchev–Trinajstić information content (AvgIpc) is 2.91. The number of nitrogens with one attached hydrogen (secondary N) is 1. The van der Waals surface area contributed by atoms with Gasteiger partial charge in [-0.1, -0.05) is 25.0 Å². The van der Waals surface area contributed by atoms with Gasteiger partial charge in [0.2, 0.25) is 5.91 Å². The first-order valence-electron chi connectivity index (χ1n) is 9.59. The fraction of sp³-hybridized carbons (Fsp3) is 0.333. The van der Waals surface area contributed by atoms with Crippen molar-refractivity contribution in [1.82, 2.24) is 9.88 Å². The molecule has 144 valence electrons. The van der Waals surface area contributed by atoms with Crippen LogP contribution in [0.1, 0.15) is 46.4 Å². The van der Waals surface area contributed by atoms with Gasteiger partial charge in [-0.25, -0.2) is 4.98 Å². The molecule has 0 bridgehead atoms. The van der Waals surface area contributed by atoms with Crippen LogP contribution in [0.3, 0.4) is 0 Å². The summed E-state index contributed by atoms with van der Waals surface area (Å²) >= 11 is 0. The molecule has 0 spiro atoms. The molecule has 1 fully saturated rings. The standard InChI is InChI=1S/C21H22N4O3/c26-19(14-25-20(27)16-7-3-4-8-17(16)21(25)28)23-18-10-9-15(13-22-18)24-11-5-1-2-6-12-24/h3-4,7-10,13H,1-2,5-6,11-12,14H2,(H,22,23,26). The smallest absolute Gasteiger partial charge is 0.262 e. The number of aromatic nitrogens is 1. The molecule has 2 aliphatic rings. The Morgan fingerprint density at radius 1 is 0.929 bits per heavy atom. The van der Waals surface area contributed by atoms with Crippen LogP contribution in [0.25, 0.3) is 0 Å². The fourth-order valence-electron chi connectivity index (χ4n) is 3.68. The number of hydrogen-bond acceptors (Lipinski definition) is 5. The van der Waals surface area contributed by atoms with Gasteiger partial charge >= 0.3 is 0 Å². The van der Waals surface area contributed by atoms with Crippen LogP contribution >= 0.6 is 0 Å². The number of anilines is 2. The minimum atomic E-state index is -0.454. The Morgan fingerprint density at radius 2 is 1.57 bits per heavy atom. The van der Waals surface area contributed by atoms with Crippen LogP contribution in [-0.4, -0.2) is 47.2 Å². The maximum Gasteiger partial charge on any atom is 0.262 e. The van der Waals surface area contributed by atoms with E-state index in [0.717, 1.165) is 23.7 Å². The second kappa shape index (κ2) is 7.80. The number of carbonyl (C=O) groups is 3. The third-order valence-corrected chi connectivity index (χ3v) is 5.17. The molecule has 0 saturated carbocycles. The van der Waals surface area contributed by atoms with E-state index in [9.17, 15) is 14.4 Å². The van der Waals surface area contributed by atoms with E-state index in [2.05, 4.69) is 15.2 Å². The lowest BCUT2D eigenvalue weighted by molar-refractivity contribution is -0.116. The maximum atomic E-state index is 12.3. The van der Waals surface area contributed by atoms with Crippen molar-refractivity contribution < 1.29 is 14.4 Å². The Morgan fingerprint density at radius 3 is 2.14 bits per heavy atom. The van der Waals surface area contributed by atoms with Gasteiger partial charge in [-0.2, -0.15) is 0 Å². The van der Waals surface area contributed by atoms with Crippen LogP contribution in [-0.2, 0) is 4.79 Å². The van der Waals surface area contributed by atoms with Crippen LogP contribution in [0.2, 0.25) is 0 Å². The molecule has 2 aromatic rings. The monoisotopic (exact) mass is 378 g/mol. The molecule has 0 radical (unpaired) electrons. The highest BCUT2D eigenvalue weighted by molar-refractivity contribution is 6.22. The number of imide groups is 1. The average molecular weight is 378 g/mol. The highest BCUT2D eigenvalue weighted by Gasteiger charge is 2.36. The fourth-order valence-corrected chi connectivity index (χ4v) is 3.68. The van der Waals surface area contributed by atoms with Gasteiger partial charge in [0.15, 0.2) is 0 Å². The first-order valence-corrected chi connectivity index (χ1v) is 9.59. The van der Waals surface area contributed by atoms with Gasteiger partial charge in [0.1, 0.15) is 12.4 Å². The SMILES string of the molecule is O=C(CN1C(=O)c2ccccc2C1=O)Nc1ccc(N2CCCCCC2)cn1. The molecule has 1 N–H and O–H groups in total. The summed E-state index contributed by atoms with van der Waals surface area (Å²) in [4.78, 5) is 44.6. The summed E-state index contributed by atoms with van der Waals surface area (Å²) in [5, 5.41) is 2.66. The van der Waals surface area contributed by atoms with E-state index < -0.39 is 17.7 Å². The number of benzene rings is 1. The molecule has 3 amide bonds. The van der Waals surface area contributed by atoms with E-state index in [1.165, 1.54) is 25.7 Å². The molecule has 3 heterocycles. The van der Waals surface area contributed by atoms with E-state index in [1.54, 1.807) is 36.5 Å². The van der Waals surface area contributed by atoms with Crippen LogP contribution < -0.4 is 10.2 Å². The van der Waals surface area contributed by atoms with Crippen LogP contribution in [0.5, 0.6) is 0 Å². The highest BCUT2D eigenvalue weighted by atomic mass is 16.2. The zero-order valence-corrected chi connectivity index (χ0v) is 15.6. The Labute approximate surface area is 163 Å². The van der Waals surface area contributed by atoms with E-state index in [0.29, 0.717) is 16.9 Å². The molecule has 0 aliphatic carbocycles. The summed E-state index contributed by atoms with van der Waals surface area (Å²) < 4.78 is 0. The molecular weight excluding hydrogens is 356 g/mol. The van der Waals surface area contributed by atoms with Crippen molar-refractivity contribution in [3.63, 3.8) is 0 Å². The quantitative estimate of drug-likeness (QED) is 0.827. The van der Waals surface area contributed by atoms with Gasteiger partial charge in [-0.05, 0) is 37.1 Å². The number of rotatable bonds is 4. The molecular formula is C21H22N4O3. The van der Waals surface area contributed by atoms with Crippen molar-refractivity contribution in [3.05, 3.63) is 53.7 Å². The topological polar surface area (TPSA) is 82.6 Å². The molecule has 1 aromatic carbocycles. The van der Waals surface area contributed by atoms with Gasteiger partial charge in [-0.3, -0.25) is 19.3 Å². The number of fused-ring (bicyclic) bond motifs is 1. The zero-order chi connectivity index (χ0) is 19.5. The first-order chi connectivity index (χ1) is 13.6. The molecule has 4 rings (SSSR count). The Balaban J connectivity index is 1.38. The van der Waals surface area contributed by atoms with E-state index in [-0.39, 0.29) is 6.54 Å². The number of pyridine rings is 1. The number of carbonyl (C=O) groups excluding carboxylic acids is 3. The normalized spacial score (nSPS) is 16.7. The number of hydrogen-bond donors (Lipinski definition) is 1. The van der Waals surface area contributed by atoms with E-state index >= 15 is 0 Å². The molecule has 0 atom stereocenters. The van der Waals surface area contributed by atoms with Crippen molar-refractivity contribution in [2.24, 2.45) is 0 Å². The molecule has 1 aromatic heterocycles. The van der Waals surface area contributed by atoms with Gasteiger partial charge < -0.3 is 10.2 Å². The Bertz CT molecular complexity index is 867. The minimum Gasteiger partial charge on any atom is -0.370 e. The van der Waals surface area contributed by atoms with Crippen molar-refractivity contribution in [3.8, 4) is 0 Å². The maximum absolute atomic E-state index is 12.3. The minimum absolute atomic E-state index is 0.331. The third-order valence-electron chi connectivity index (χ3n) is 5.17. The van der Waals surface area contributed by atoms with Gasteiger partial charge in [-0.15, -0.1) is 0 Å². The predicted octanol–water partition coefficient (Wildman–Crippen LogP) is 2.70.